The highest BCUT2D eigenvalue weighted by Crippen LogP contribution is 2.36. The van der Waals surface area contributed by atoms with Crippen molar-refractivity contribution in [2.45, 2.75) is 49.1 Å². The van der Waals surface area contributed by atoms with Crippen LogP contribution in [0.2, 0.25) is 5.02 Å². The minimum Gasteiger partial charge on any atom is -0.469 e. The zero-order valence-electron chi connectivity index (χ0n) is 16.8. The Morgan fingerprint density at radius 1 is 1.28 bits per heavy atom. The van der Waals surface area contributed by atoms with Crippen LogP contribution in [-0.2, 0) is 22.5 Å². The number of nitrogens with zero attached hydrogens (tertiary/aromatic N) is 3. The molecule has 0 N–H and O–H groups in total. The van der Waals surface area contributed by atoms with Gasteiger partial charge in [-0.2, -0.15) is 0 Å². The predicted octanol–water partition coefficient (Wildman–Crippen LogP) is 5.36. The lowest BCUT2D eigenvalue weighted by molar-refractivity contribution is -0.140. The van der Waals surface area contributed by atoms with Crippen molar-refractivity contribution in [3.63, 3.8) is 0 Å². The molecule has 152 valence electrons. The first-order chi connectivity index (χ1) is 14.0. The molecule has 0 unspecified atom stereocenters. The van der Waals surface area contributed by atoms with Crippen molar-refractivity contribution in [1.29, 1.82) is 0 Å². The number of rotatable bonds is 8. The van der Waals surface area contributed by atoms with Gasteiger partial charge in [-0.25, -0.2) is 4.98 Å². The molecule has 2 aromatic heterocycles. The number of carbonyl (C=O) groups is 1. The van der Waals surface area contributed by atoms with Gasteiger partial charge < -0.3 is 9.30 Å². The number of benzene rings is 1. The summed E-state index contributed by atoms with van der Waals surface area (Å²) in [6.07, 6.45) is 4.42. The minimum atomic E-state index is -0.240. The van der Waals surface area contributed by atoms with E-state index in [1.807, 2.05) is 42.6 Å². The molecule has 0 aliphatic rings. The van der Waals surface area contributed by atoms with E-state index in [0.717, 1.165) is 27.0 Å². The summed E-state index contributed by atoms with van der Waals surface area (Å²) >= 11 is 7.84. The maximum absolute atomic E-state index is 11.7. The number of aromatic nitrogens is 3. The normalized spacial score (nSPS) is 11.1. The van der Waals surface area contributed by atoms with Crippen LogP contribution in [0.3, 0.4) is 0 Å². The van der Waals surface area contributed by atoms with Crippen molar-refractivity contribution in [3.8, 4) is 0 Å². The number of halogens is 1. The van der Waals surface area contributed by atoms with E-state index in [1.165, 1.54) is 7.11 Å². The van der Waals surface area contributed by atoms with Gasteiger partial charge >= 0.3 is 5.97 Å². The smallest absolute Gasteiger partial charge is 0.305 e. The number of aryl methyl sites for hydroxylation is 1. The molecule has 29 heavy (non-hydrogen) atoms. The third-order valence-corrected chi connectivity index (χ3v) is 5.77. The molecule has 3 rings (SSSR count). The molecule has 0 bridgehead atoms. The number of esters is 1. The van der Waals surface area contributed by atoms with Gasteiger partial charge in [0.15, 0.2) is 0 Å². The summed E-state index contributed by atoms with van der Waals surface area (Å²) < 4.78 is 7.00. The van der Waals surface area contributed by atoms with Crippen molar-refractivity contribution in [2.24, 2.45) is 0 Å². The third kappa shape index (κ3) is 5.61. The monoisotopic (exact) mass is 429 g/mol. The van der Waals surface area contributed by atoms with E-state index in [9.17, 15) is 4.79 Å². The summed E-state index contributed by atoms with van der Waals surface area (Å²) in [4.78, 5) is 21.9. The first-order valence-electron chi connectivity index (χ1n) is 9.46. The van der Waals surface area contributed by atoms with Gasteiger partial charge in [-0.15, -0.1) is 0 Å². The number of carbonyl (C=O) groups excluding carboxylic acids is 1. The second kappa shape index (κ2) is 9.94. The topological polar surface area (TPSA) is 57.0 Å². The van der Waals surface area contributed by atoms with E-state index < -0.39 is 0 Å². The summed E-state index contributed by atoms with van der Waals surface area (Å²) in [7, 11) is 1.41. The van der Waals surface area contributed by atoms with Gasteiger partial charge in [-0.05, 0) is 35.7 Å². The average Bonchev–Trinajstić information content (AvgIpc) is 3.04. The molecular formula is C22H24ClN3O2S. The Balaban J connectivity index is 2.04. The van der Waals surface area contributed by atoms with E-state index in [1.54, 1.807) is 18.0 Å². The SMILES string of the molecule is COC(=O)CCc1nc(C(C)C)c(Sc2cccc(Cl)c2)n1Cc1cccnc1. The Labute approximate surface area is 180 Å². The molecule has 1 aromatic carbocycles. The van der Waals surface area contributed by atoms with Crippen molar-refractivity contribution < 1.29 is 9.53 Å². The first kappa shape index (κ1) is 21.4. The number of hydrogen-bond donors (Lipinski definition) is 0. The zero-order valence-corrected chi connectivity index (χ0v) is 18.3. The van der Waals surface area contributed by atoms with Crippen LogP contribution in [0.25, 0.3) is 0 Å². The molecule has 0 saturated carbocycles. The van der Waals surface area contributed by atoms with Crippen LogP contribution >= 0.6 is 23.4 Å². The third-order valence-electron chi connectivity index (χ3n) is 4.43. The van der Waals surface area contributed by atoms with Gasteiger partial charge in [-0.1, -0.05) is 49.3 Å². The molecule has 0 atom stereocenters. The van der Waals surface area contributed by atoms with Crippen LogP contribution in [0, 0.1) is 0 Å². The second-order valence-corrected chi connectivity index (χ2v) is 8.45. The number of methoxy groups -OCH3 is 1. The van der Waals surface area contributed by atoms with E-state index >= 15 is 0 Å². The van der Waals surface area contributed by atoms with E-state index in [4.69, 9.17) is 21.3 Å². The van der Waals surface area contributed by atoms with Crippen molar-refractivity contribution >= 4 is 29.3 Å². The zero-order chi connectivity index (χ0) is 20.8. The maximum atomic E-state index is 11.7. The molecule has 0 fully saturated rings. The number of pyridine rings is 1. The molecule has 2 heterocycles. The van der Waals surface area contributed by atoms with Gasteiger partial charge in [0.2, 0.25) is 0 Å². The Morgan fingerprint density at radius 3 is 2.76 bits per heavy atom. The van der Waals surface area contributed by atoms with Crippen molar-refractivity contribution in [1.82, 2.24) is 14.5 Å². The average molecular weight is 430 g/mol. The Morgan fingerprint density at radius 2 is 2.10 bits per heavy atom. The van der Waals surface area contributed by atoms with Gasteiger partial charge in [-0.3, -0.25) is 9.78 Å². The maximum Gasteiger partial charge on any atom is 0.305 e. The van der Waals surface area contributed by atoms with Gasteiger partial charge in [0.25, 0.3) is 0 Å². The molecule has 3 aromatic rings. The quantitative estimate of drug-likeness (QED) is 0.451. The number of hydrogen-bond acceptors (Lipinski definition) is 5. The molecule has 0 aliphatic heterocycles. The van der Waals surface area contributed by atoms with Crippen molar-refractivity contribution in [3.05, 3.63) is 70.9 Å². The van der Waals surface area contributed by atoms with Gasteiger partial charge in [0.05, 0.1) is 25.8 Å². The van der Waals surface area contributed by atoms with Crippen LogP contribution < -0.4 is 0 Å². The number of imidazole rings is 1. The number of ether oxygens (including phenoxy) is 1. The first-order valence-corrected chi connectivity index (χ1v) is 10.7. The summed E-state index contributed by atoms with van der Waals surface area (Å²) in [6, 6.07) is 11.8. The predicted molar refractivity (Wildman–Crippen MR) is 116 cm³/mol. The highest BCUT2D eigenvalue weighted by molar-refractivity contribution is 7.99. The molecule has 0 radical (unpaired) electrons. The van der Waals surface area contributed by atoms with E-state index in [0.29, 0.717) is 24.4 Å². The second-order valence-electron chi connectivity index (χ2n) is 6.96. The largest absolute Gasteiger partial charge is 0.469 e. The lowest BCUT2D eigenvalue weighted by atomic mass is 10.1. The summed E-state index contributed by atoms with van der Waals surface area (Å²) in [6.45, 7) is 4.89. The van der Waals surface area contributed by atoms with E-state index in [-0.39, 0.29) is 11.9 Å². The van der Waals surface area contributed by atoms with Crippen LogP contribution in [0.4, 0.5) is 0 Å². The fraction of sp³-hybridized carbons (Fsp3) is 0.318. The van der Waals surface area contributed by atoms with Crippen LogP contribution in [0.1, 0.15) is 43.3 Å². The Bertz CT molecular complexity index is 973. The van der Waals surface area contributed by atoms with Gasteiger partial charge in [0.1, 0.15) is 10.9 Å². The lowest BCUT2D eigenvalue weighted by Gasteiger charge is -2.13. The van der Waals surface area contributed by atoms with Gasteiger partial charge in [0, 0.05) is 28.7 Å². The molecule has 0 spiro atoms. The van der Waals surface area contributed by atoms with Crippen molar-refractivity contribution in [2.75, 3.05) is 7.11 Å². The summed E-state index contributed by atoms with van der Waals surface area (Å²) in [5.74, 6) is 0.868. The Hall–Kier alpha value is -2.31. The fourth-order valence-electron chi connectivity index (χ4n) is 2.97. The Kier molecular flexibility index (Phi) is 7.34. The van der Waals surface area contributed by atoms with Crippen LogP contribution in [0.5, 0.6) is 0 Å². The molecule has 0 saturated heterocycles. The van der Waals surface area contributed by atoms with Crippen LogP contribution in [0.15, 0.2) is 58.7 Å². The summed E-state index contributed by atoms with van der Waals surface area (Å²) in [5, 5.41) is 1.76. The highest BCUT2D eigenvalue weighted by Gasteiger charge is 2.21. The van der Waals surface area contributed by atoms with Crippen LogP contribution in [-0.4, -0.2) is 27.6 Å². The van der Waals surface area contributed by atoms with E-state index in [2.05, 4.69) is 23.4 Å². The minimum absolute atomic E-state index is 0.240. The fourth-order valence-corrected chi connectivity index (χ4v) is 4.45. The summed E-state index contributed by atoms with van der Waals surface area (Å²) in [5.41, 5.74) is 2.09. The lowest BCUT2D eigenvalue weighted by Crippen LogP contribution is -2.10. The molecule has 0 amide bonds. The standard InChI is InChI=1S/C22H24ClN3O2S/c1-15(2)21-22(29-18-8-4-7-17(23)12-18)26(14-16-6-5-11-24-13-16)19(25-21)9-10-20(27)28-3/h4-8,11-13,15H,9-10,14H2,1-3H3. The molecule has 0 aliphatic carbocycles. The molecular weight excluding hydrogens is 406 g/mol. The highest BCUT2D eigenvalue weighted by atomic mass is 35.5. The molecule has 5 nitrogen and oxygen atoms in total. The molecule has 7 heteroatoms.